The summed E-state index contributed by atoms with van der Waals surface area (Å²) in [6.07, 6.45) is 3.66. The molecule has 160 valence electrons. The first-order valence-electron chi connectivity index (χ1n) is 10.8. The number of aryl methyl sites for hydroxylation is 1. The van der Waals surface area contributed by atoms with Crippen LogP contribution in [-0.4, -0.2) is 20.1 Å². The van der Waals surface area contributed by atoms with E-state index in [0.717, 1.165) is 42.0 Å². The molecule has 0 saturated carbocycles. The second-order valence-electron chi connectivity index (χ2n) is 8.02. The molecule has 1 aliphatic heterocycles. The first kappa shape index (κ1) is 21.0. The molecule has 4 nitrogen and oxygen atoms in total. The van der Waals surface area contributed by atoms with Crippen LogP contribution in [0.2, 0.25) is 0 Å². The summed E-state index contributed by atoms with van der Waals surface area (Å²) in [5.41, 5.74) is 3.41. The van der Waals surface area contributed by atoms with E-state index in [9.17, 15) is 4.79 Å². The summed E-state index contributed by atoms with van der Waals surface area (Å²) in [6.45, 7) is 0. The van der Waals surface area contributed by atoms with Crippen molar-refractivity contribution in [1.82, 2.24) is 0 Å². The number of hydrogen-bond donors (Lipinski definition) is 0. The molecule has 0 unspecified atom stereocenters. The van der Waals surface area contributed by atoms with E-state index < -0.39 is 0 Å². The largest absolute Gasteiger partial charge is 0.497 e. The summed E-state index contributed by atoms with van der Waals surface area (Å²) in [4.78, 5) is 15.1. The number of carbonyl (C=O) groups excluding carboxylic acids is 1. The maximum Gasteiger partial charge on any atom is 0.227 e. The van der Waals surface area contributed by atoms with Gasteiger partial charge in [-0.3, -0.25) is 4.79 Å². The quantitative estimate of drug-likeness (QED) is 0.465. The average Bonchev–Trinajstić information content (AvgIpc) is 3.15. The second kappa shape index (κ2) is 9.69. The summed E-state index contributed by atoms with van der Waals surface area (Å²) in [6, 6.07) is 26.5. The van der Waals surface area contributed by atoms with Gasteiger partial charge in [-0.2, -0.15) is 0 Å². The number of rotatable bonds is 8. The Labute approximate surface area is 184 Å². The highest BCUT2D eigenvalue weighted by Crippen LogP contribution is 2.44. The molecule has 0 bridgehead atoms. The Kier molecular flexibility index (Phi) is 6.56. The van der Waals surface area contributed by atoms with Gasteiger partial charge in [0, 0.05) is 12.1 Å². The smallest absolute Gasteiger partial charge is 0.227 e. The van der Waals surface area contributed by atoms with Gasteiger partial charge in [0.2, 0.25) is 5.91 Å². The Morgan fingerprint density at radius 1 is 0.839 bits per heavy atom. The Morgan fingerprint density at radius 3 is 2.06 bits per heavy atom. The van der Waals surface area contributed by atoms with Crippen molar-refractivity contribution in [2.75, 3.05) is 19.1 Å². The number of methoxy groups -OCH3 is 2. The first-order chi connectivity index (χ1) is 15.2. The minimum Gasteiger partial charge on any atom is -0.497 e. The molecule has 1 fully saturated rings. The molecular weight excluding hydrogens is 386 g/mol. The van der Waals surface area contributed by atoms with Gasteiger partial charge in [0.1, 0.15) is 11.5 Å². The van der Waals surface area contributed by atoms with Gasteiger partial charge >= 0.3 is 0 Å². The molecule has 0 spiro atoms. The van der Waals surface area contributed by atoms with Crippen molar-refractivity contribution in [2.45, 2.75) is 31.7 Å². The van der Waals surface area contributed by atoms with E-state index in [1.54, 1.807) is 14.2 Å². The van der Waals surface area contributed by atoms with Gasteiger partial charge in [-0.15, -0.1) is 0 Å². The molecular formula is C27H29NO3. The number of anilines is 1. The lowest BCUT2D eigenvalue weighted by Crippen LogP contribution is -2.28. The van der Waals surface area contributed by atoms with Crippen LogP contribution in [0.25, 0.3) is 0 Å². The zero-order valence-electron chi connectivity index (χ0n) is 18.2. The van der Waals surface area contributed by atoms with Gasteiger partial charge in [-0.05, 0) is 72.7 Å². The number of benzene rings is 3. The van der Waals surface area contributed by atoms with Crippen molar-refractivity contribution in [3.63, 3.8) is 0 Å². The maximum absolute atomic E-state index is 13.1. The Bertz CT molecular complexity index is 983. The number of hydrogen-bond acceptors (Lipinski definition) is 3. The van der Waals surface area contributed by atoms with E-state index in [-0.39, 0.29) is 17.9 Å². The molecule has 1 heterocycles. The Hall–Kier alpha value is -3.27. The molecule has 4 rings (SSSR count). The molecule has 0 aromatic heterocycles. The normalized spacial score (nSPS) is 18.3. The van der Waals surface area contributed by atoms with Crippen LogP contribution in [0.5, 0.6) is 11.5 Å². The summed E-state index contributed by atoms with van der Waals surface area (Å²) in [5.74, 6) is 2.06. The van der Waals surface area contributed by atoms with Gasteiger partial charge in [0.05, 0.1) is 20.3 Å². The van der Waals surface area contributed by atoms with Gasteiger partial charge in [0.15, 0.2) is 0 Å². The minimum absolute atomic E-state index is 0.0163. The van der Waals surface area contributed by atoms with E-state index in [4.69, 9.17) is 9.47 Å². The Balaban J connectivity index is 1.58. The van der Waals surface area contributed by atoms with E-state index in [2.05, 4.69) is 36.4 Å². The summed E-state index contributed by atoms with van der Waals surface area (Å²) < 4.78 is 10.6. The van der Waals surface area contributed by atoms with Crippen LogP contribution < -0.4 is 14.4 Å². The molecule has 1 saturated heterocycles. The second-order valence-corrected chi connectivity index (χ2v) is 8.02. The fourth-order valence-corrected chi connectivity index (χ4v) is 4.54. The fraction of sp³-hybridized carbons (Fsp3) is 0.296. The third-order valence-corrected chi connectivity index (χ3v) is 6.12. The highest BCUT2D eigenvalue weighted by Gasteiger charge is 2.41. The van der Waals surface area contributed by atoms with Crippen molar-refractivity contribution in [2.24, 2.45) is 5.92 Å². The lowest BCUT2D eigenvalue weighted by atomic mass is 9.88. The average molecular weight is 416 g/mol. The Morgan fingerprint density at radius 2 is 1.45 bits per heavy atom. The monoisotopic (exact) mass is 415 g/mol. The number of nitrogens with zero attached hydrogens (tertiary/aromatic N) is 1. The maximum atomic E-state index is 13.1. The number of carbonyl (C=O) groups is 1. The summed E-state index contributed by atoms with van der Waals surface area (Å²) in [5, 5.41) is 0. The lowest BCUT2D eigenvalue weighted by molar-refractivity contribution is -0.117. The van der Waals surface area contributed by atoms with Crippen molar-refractivity contribution in [3.8, 4) is 11.5 Å². The molecule has 0 N–H and O–H groups in total. The summed E-state index contributed by atoms with van der Waals surface area (Å²) in [7, 11) is 3.32. The SMILES string of the molecule is COc1ccc([C@@H]2[C@H](CCCc3ccccc3)CC(=O)N2c2ccc(OC)cc2)cc1. The van der Waals surface area contributed by atoms with E-state index in [0.29, 0.717) is 6.42 Å². The first-order valence-corrected chi connectivity index (χ1v) is 10.8. The topological polar surface area (TPSA) is 38.8 Å². The lowest BCUT2D eigenvalue weighted by Gasteiger charge is -2.29. The molecule has 0 radical (unpaired) electrons. The zero-order chi connectivity index (χ0) is 21.6. The van der Waals surface area contributed by atoms with Crippen LogP contribution in [0.15, 0.2) is 78.9 Å². The molecule has 4 heteroatoms. The van der Waals surface area contributed by atoms with Crippen molar-refractivity contribution < 1.29 is 14.3 Å². The summed E-state index contributed by atoms with van der Waals surface area (Å²) >= 11 is 0. The van der Waals surface area contributed by atoms with Crippen LogP contribution in [0.4, 0.5) is 5.69 Å². The van der Waals surface area contributed by atoms with E-state index >= 15 is 0 Å². The number of ether oxygens (including phenoxy) is 2. The van der Waals surface area contributed by atoms with Crippen molar-refractivity contribution >= 4 is 11.6 Å². The molecule has 31 heavy (non-hydrogen) atoms. The van der Waals surface area contributed by atoms with Crippen LogP contribution in [0.1, 0.15) is 36.4 Å². The van der Waals surface area contributed by atoms with Crippen molar-refractivity contribution in [1.29, 1.82) is 0 Å². The van der Waals surface area contributed by atoms with Gasteiger partial charge in [0.25, 0.3) is 0 Å². The van der Waals surface area contributed by atoms with Crippen LogP contribution in [-0.2, 0) is 11.2 Å². The van der Waals surface area contributed by atoms with Crippen LogP contribution in [0.3, 0.4) is 0 Å². The molecule has 3 aromatic rings. The van der Waals surface area contributed by atoms with Gasteiger partial charge in [-0.25, -0.2) is 0 Å². The standard InChI is InChI=1S/C27H29NO3/c1-30-24-15-11-21(12-16-24)27-22(10-6-9-20-7-4-3-5-8-20)19-26(29)28(27)23-13-17-25(31-2)18-14-23/h3-5,7-8,11-18,22,27H,6,9-10,19H2,1-2H3/t22-,27-/m1/s1. The third-order valence-electron chi connectivity index (χ3n) is 6.12. The van der Waals surface area contributed by atoms with Crippen LogP contribution >= 0.6 is 0 Å². The molecule has 0 aliphatic carbocycles. The third kappa shape index (κ3) is 4.74. The zero-order valence-corrected chi connectivity index (χ0v) is 18.2. The highest BCUT2D eigenvalue weighted by atomic mass is 16.5. The minimum atomic E-state index is 0.0163. The number of amides is 1. The van der Waals surface area contributed by atoms with Gasteiger partial charge < -0.3 is 14.4 Å². The molecule has 3 aromatic carbocycles. The predicted octanol–water partition coefficient (Wildman–Crippen LogP) is 5.82. The van der Waals surface area contributed by atoms with Crippen LogP contribution in [0, 0.1) is 5.92 Å². The highest BCUT2D eigenvalue weighted by molar-refractivity contribution is 5.97. The van der Waals surface area contributed by atoms with E-state index in [1.807, 2.05) is 47.4 Å². The predicted molar refractivity (Wildman–Crippen MR) is 124 cm³/mol. The van der Waals surface area contributed by atoms with Gasteiger partial charge in [-0.1, -0.05) is 42.5 Å². The molecule has 1 amide bonds. The fourth-order valence-electron chi connectivity index (χ4n) is 4.54. The molecule has 1 aliphatic rings. The van der Waals surface area contributed by atoms with E-state index in [1.165, 1.54) is 5.56 Å². The molecule has 2 atom stereocenters. The van der Waals surface area contributed by atoms with Crippen molar-refractivity contribution in [3.05, 3.63) is 90.0 Å².